The first-order valence-electron chi connectivity index (χ1n) is 4.07. The number of hydrogen-bond donors (Lipinski definition) is 2. The molecule has 1 aliphatic rings. The number of nitrogens with zero attached hydrogens (tertiary/aromatic N) is 1. The normalized spacial score (nSPS) is 30.3. The predicted octanol–water partition coefficient (Wildman–Crippen LogP) is -0.0945. The smallest absolute Gasteiger partial charge is 0.405 e. The van der Waals surface area contributed by atoms with E-state index in [1.165, 1.54) is 11.9 Å². The summed E-state index contributed by atoms with van der Waals surface area (Å²) in [7, 11) is 1.37. The first-order chi connectivity index (χ1) is 6.34. The Kier molecular flexibility index (Phi) is 3.01. The van der Waals surface area contributed by atoms with E-state index in [4.69, 9.17) is 5.11 Å². The van der Waals surface area contributed by atoms with Gasteiger partial charge in [-0.05, 0) is 7.05 Å². The van der Waals surface area contributed by atoms with Crippen LogP contribution in [-0.2, 0) is 4.79 Å². The van der Waals surface area contributed by atoms with Crippen LogP contribution in [0.5, 0.6) is 0 Å². The molecule has 0 aromatic heterocycles. The van der Waals surface area contributed by atoms with Gasteiger partial charge in [0, 0.05) is 13.1 Å². The molecule has 1 saturated heterocycles. The molecule has 2 atom stereocenters. The third-order valence-electron chi connectivity index (χ3n) is 2.23. The summed E-state index contributed by atoms with van der Waals surface area (Å²) in [6.45, 7) is 0.438. The lowest BCUT2D eigenvalue weighted by Crippen LogP contribution is -2.64. The lowest BCUT2D eigenvalue weighted by molar-refractivity contribution is -0.186. The maximum absolute atomic E-state index is 12.4. The quantitative estimate of drug-likeness (QED) is 0.637. The molecule has 2 N–H and O–H groups in total. The first kappa shape index (κ1) is 11.3. The molecule has 1 fully saturated rings. The fourth-order valence-corrected chi connectivity index (χ4v) is 1.53. The van der Waals surface area contributed by atoms with Gasteiger partial charge in [-0.2, -0.15) is 13.2 Å². The summed E-state index contributed by atoms with van der Waals surface area (Å²) in [6.07, 6.45) is -4.53. The lowest BCUT2D eigenvalue weighted by Gasteiger charge is -2.37. The summed E-state index contributed by atoms with van der Waals surface area (Å²) < 4.78 is 37.1. The number of nitrogens with one attached hydrogen (secondary N) is 1. The summed E-state index contributed by atoms with van der Waals surface area (Å²) in [4.78, 5) is 11.8. The van der Waals surface area contributed by atoms with E-state index in [9.17, 15) is 18.0 Å². The third-order valence-corrected chi connectivity index (χ3v) is 2.23. The number of likely N-dealkylation sites (N-methyl/N-ethyl adjacent to an activating group) is 1. The number of carboxylic acids is 1. The second kappa shape index (κ2) is 3.74. The van der Waals surface area contributed by atoms with Gasteiger partial charge in [0.25, 0.3) is 0 Å². The van der Waals surface area contributed by atoms with E-state index in [0.717, 1.165) is 0 Å². The Labute approximate surface area is 78.7 Å². The minimum absolute atomic E-state index is 0.143. The van der Waals surface area contributed by atoms with Crippen molar-refractivity contribution in [2.75, 3.05) is 20.1 Å². The second-order valence-corrected chi connectivity index (χ2v) is 3.24. The standard InChI is InChI=1S/C7H11F3N2O2/c1-12-3-2-11-5(7(8,9)10)4(12)6(13)14/h4-5,11H,2-3H2,1H3,(H,13,14). The van der Waals surface area contributed by atoms with Crippen LogP contribution in [-0.4, -0.2) is 54.4 Å². The van der Waals surface area contributed by atoms with Gasteiger partial charge >= 0.3 is 12.1 Å². The van der Waals surface area contributed by atoms with Crippen molar-refractivity contribution in [2.24, 2.45) is 0 Å². The van der Waals surface area contributed by atoms with E-state index in [-0.39, 0.29) is 6.54 Å². The number of carbonyl (C=O) groups is 1. The van der Waals surface area contributed by atoms with Gasteiger partial charge in [0.1, 0.15) is 12.1 Å². The van der Waals surface area contributed by atoms with Crippen molar-refractivity contribution < 1.29 is 23.1 Å². The van der Waals surface area contributed by atoms with E-state index < -0.39 is 24.2 Å². The molecule has 0 aromatic rings. The molecule has 82 valence electrons. The highest BCUT2D eigenvalue weighted by molar-refractivity contribution is 5.74. The highest BCUT2D eigenvalue weighted by Gasteiger charge is 2.50. The summed E-state index contributed by atoms with van der Waals surface area (Å²) >= 11 is 0. The number of hydrogen-bond acceptors (Lipinski definition) is 3. The van der Waals surface area contributed by atoms with Gasteiger partial charge in [0.05, 0.1) is 0 Å². The Bertz CT molecular complexity index is 231. The molecule has 0 bridgehead atoms. The molecule has 14 heavy (non-hydrogen) atoms. The molecule has 0 radical (unpaired) electrons. The largest absolute Gasteiger partial charge is 0.480 e. The molecule has 2 unspecified atom stereocenters. The second-order valence-electron chi connectivity index (χ2n) is 3.24. The SMILES string of the molecule is CN1CCNC(C(F)(F)F)C1C(=O)O. The van der Waals surface area contributed by atoms with Crippen LogP contribution in [0.25, 0.3) is 0 Å². The van der Waals surface area contributed by atoms with Crippen molar-refractivity contribution >= 4 is 5.97 Å². The molecule has 0 spiro atoms. The molecule has 1 rings (SSSR count). The molecule has 0 aromatic carbocycles. The van der Waals surface area contributed by atoms with Gasteiger partial charge in [-0.1, -0.05) is 0 Å². The van der Waals surface area contributed by atoms with Crippen LogP contribution in [0.2, 0.25) is 0 Å². The number of alkyl halides is 3. The van der Waals surface area contributed by atoms with E-state index in [1.807, 2.05) is 0 Å². The lowest BCUT2D eigenvalue weighted by atomic mass is 10.0. The monoisotopic (exact) mass is 212 g/mol. The third kappa shape index (κ3) is 2.16. The Morgan fingerprint density at radius 1 is 1.57 bits per heavy atom. The van der Waals surface area contributed by atoms with E-state index in [1.54, 1.807) is 0 Å². The molecular formula is C7H11F3N2O2. The molecule has 0 saturated carbocycles. The Hall–Kier alpha value is -0.820. The molecule has 1 aliphatic heterocycles. The van der Waals surface area contributed by atoms with Gasteiger partial charge in [0.2, 0.25) is 0 Å². The summed E-state index contributed by atoms with van der Waals surface area (Å²) in [5.74, 6) is -1.46. The molecule has 0 aliphatic carbocycles. The zero-order chi connectivity index (χ0) is 10.9. The molecule has 1 heterocycles. The fourth-order valence-electron chi connectivity index (χ4n) is 1.53. The minimum atomic E-state index is -4.53. The Morgan fingerprint density at radius 3 is 2.50 bits per heavy atom. The zero-order valence-electron chi connectivity index (χ0n) is 7.51. The van der Waals surface area contributed by atoms with Crippen LogP contribution in [0, 0.1) is 0 Å². The molecule has 7 heteroatoms. The topological polar surface area (TPSA) is 52.6 Å². The van der Waals surface area contributed by atoms with Gasteiger partial charge in [0.15, 0.2) is 0 Å². The summed E-state index contributed by atoms with van der Waals surface area (Å²) in [5.41, 5.74) is 0. The van der Waals surface area contributed by atoms with E-state index in [2.05, 4.69) is 5.32 Å². The number of halogens is 3. The van der Waals surface area contributed by atoms with Gasteiger partial charge in [-0.15, -0.1) is 0 Å². The maximum atomic E-state index is 12.4. The number of aliphatic carboxylic acids is 1. The van der Waals surface area contributed by atoms with Crippen LogP contribution >= 0.6 is 0 Å². The van der Waals surface area contributed by atoms with Crippen molar-refractivity contribution in [2.45, 2.75) is 18.3 Å². The van der Waals surface area contributed by atoms with Gasteiger partial charge in [-0.3, -0.25) is 9.69 Å². The van der Waals surface area contributed by atoms with Crippen LogP contribution in [0.4, 0.5) is 13.2 Å². The minimum Gasteiger partial charge on any atom is -0.480 e. The van der Waals surface area contributed by atoms with Crippen molar-refractivity contribution in [3.63, 3.8) is 0 Å². The van der Waals surface area contributed by atoms with Gasteiger partial charge in [-0.25, -0.2) is 0 Å². The van der Waals surface area contributed by atoms with Crippen LogP contribution < -0.4 is 5.32 Å². The summed E-state index contributed by atoms with van der Waals surface area (Å²) in [6, 6.07) is -3.53. The number of rotatable bonds is 1. The van der Waals surface area contributed by atoms with Crippen molar-refractivity contribution in [1.29, 1.82) is 0 Å². The predicted molar refractivity (Wildman–Crippen MR) is 41.9 cm³/mol. The van der Waals surface area contributed by atoms with Crippen LogP contribution in [0.1, 0.15) is 0 Å². The van der Waals surface area contributed by atoms with E-state index >= 15 is 0 Å². The maximum Gasteiger partial charge on any atom is 0.405 e. The average molecular weight is 212 g/mol. The molecular weight excluding hydrogens is 201 g/mol. The highest BCUT2D eigenvalue weighted by Crippen LogP contribution is 2.26. The van der Waals surface area contributed by atoms with Crippen molar-refractivity contribution in [3.05, 3.63) is 0 Å². The zero-order valence-corrected chi connectivity index (χ0v) is 7.51. The molecule has 0 amide bonds. The summed E-state index contributed by atoms with van der Waals surface area (Å²) in [5, 5.41) is 10.8. The average Bonchev–Trinajstić information content (AvgIpc) is 2.01. The Morgan fingerprint density at radius 2 is 2.14 bits per heavy atom. The van der Waals surface area contributed by atoms with Gasteiger partial charge < -0.3 is 10.4 Å². The first-order valence-corrected chi connectivity index (χ1v) is 4.07. The number of carboxylic acid groups (broad SMARTS) is 1. The Balaban J connectivity index is 2.86. The fraction of sp³-hybridized carbons (Fsp3) is 0.857. The van der Waals surface area contributed by atoms with E-state index in [0.29, 0.717) is 6.54 Å². The van der Waals surface area contributed by atoms with Crippen LogP contribution in [0.3, 0.4) is 0 Å². The molecule has 4 nitrogen and oxygen atoms in total. The van der Waals surface area contributed by atoms with Crippen molar-refractivity contribution in [1.82, 2.24) is 10.2 Å². The van der Waals surface area contributed by atoms with Crippen LogP contribution in [0.15, 0.2) is 0 Å². The number of piperazine rings is 1. The van der Waals surface area contributed by atoms with Crippen molar-refractivity contribution in [3.8, 4) is 0 Å². The highest BCUT2D eigenvalue weighted by atomic mass is 19.4.